The van der Waals surface area contributed by atoms with Gasteiger partial charge in [-0.2, -0.15) is 15.2 Å². The van der Waals surface area contributed by atoms with Gasteiger partial charge in [-0.3, -0.25) is 4.90 Å². The summed E-state index contributed by atoms with van der Waals surface area (Å²) in [5, 5.41) is 15.5. The van der Waals surface area contributed by atoms with Crippen LogP contribution in [-0.4, -0.2) is 72.0 Å². The molecule has 2 unspecified atom stereocenters. The molecular formula is C31H34ClFN6O2. The first-order chi connectivity index (χ1) is 20.0. The molecule has 8 nitrogen and oxygen atoms in total. The van der Waals surface area contributed by atoms with Crippen LogP contribution in [0.4, 0.5) is 10.2 Å². The number of piperazine rings is 1. The molecule has 4 atom stereocenters. The molecule has 7 rings (SSSR count). The van der Waals surface area contributed by atoms with E-state index in [1.54, 1.807) is 0 Å². The lowest BCUT2D eigenvalue weighted by atomic mass is 9.94. The molecule has 0 radical (unpaired) electrons. The Kier molecular flexibility index (Phi) is 7.20. The monoisotopic (exact) mass is 576 g/mol. The summed E-state index contributed by atoms with van der Waals surface area (Å²) in [5.41, 5.74) is 2.62. The molecule has 3 fully saturated rings. The van der Waals surface area contributed by atoms with Gasteiger partial charge in [0.25, 0.3) is 0 Å². The van der Waals surface area contributed by atoms with Crippen molar-refractivity contribution in [3.05, 3.63) is 58.2 Å². The van der Waals surface area contributed by atoms with Crippen LogP contribution in [-0.2, 0) is 17.8 Å². The zero-order chi connectivity index (χ0) is 28.0. The summed E-state index contributed by atoms with van der Waals surface area (Å²) in [5.74, 6) is 0.805. The number of nitriles is 1. The molecule has 0 amide bonds. The Balaban J connectivity index is 1.23. The van der Waals surface area contributed by atoms with Crippen LogP contribution in [0.3, 0.4) is 0 Å². The zero-order valence-corrected chi connectivity index (χ0v) is 23.7. The number of nitrogens with one attached hydrogen (secondary N) is 1. The maximum Gasteiger partial charge on any atom is 0.318 e. The second-order valence-electron chi connectivity index (χ2n) is 11.8. The average molecular weight is 577 g/mol. The van der Waals surface area contributed by atoms with E-state index < -0.39 is 6.17 Å². The highest BCUT2D eigenvalue weighted by atomic mass is 35.5. The number of hydrogen-bond acceptors (Lipinski definition) is 8. The third-order valence-corrected chi connectivity index (χ3v) is 9.53. The third kappa shape index (κ3) is 5.01. The van der Waals surface area contributed by atoms with Gasteiger partial charge in [-0.05, 0) is 36.4 Å². The number of fused-ring (bicyclic) bond motifs is 3. The molecule has 41 heavy (non-hydrogen) atoms. The second-order valence-corrected chi connectivity index (χ2v) is 12.2. The van der Waals surface area contributed by atoms with Crippen LogP contribution >= 0.6 is 11.6 Å². The smallest absolute Gasteiger partial charge is 0.318 e. The Morgan fingerprint density at radius 2 is 2.07 bits per heavy atom. The highest BCUT2D eigenvalue weighted by molar-refractivity contribution is 6.35. The molecular weight excluding hydrogens is 543 g/mol. The number of halogens is 2. The van der Waals surface area contributed by atoms with Crippen LogP contribution in [0, 0.1) is 11.3 Å². The Hall–Kier alpha value is -3.03. The molecule has 0 saturated carbocycles. The largest absolute Gasteiger partial charge is 0.461 e. The summed E-state index contributed by atoms with van der Waals surface area (Å²) < 4.78 is 27.2. The molecule has 2 aromatic carbocycles. The van der Waals surface area contributed by atoms with E-state index in [-0.39, 0.29) is 17.7 Å². The molecule has 4 aliphatic rings. The minimum Gasteiger partial charge on any atom is -0.461 e. The molecule has 0 bridgehead atoms. The van der Waals surface area contributed by atoms with Crippen LogP contribution in [0.25, 0.3) is 10.8 Å². The third-order valence-electron chi connectivity index (χ3n) is 9.21. The molecule has 5 heterocycles. The fourth-order valence-electron chi connectivity index (χ4n) is 7.26. The van der Waals surface area contributed by atoms with Crippen molar-refractivity contribution in [1.29, 1.82) is 5.26 Å². The van der Waals surface area contributed by atoms with E-state index in [0.29, 0.717) is 56.6 Å². The highest BCUT2D eigenvalue weighted by Crippen LogP contribution is 2.42. The Labute approximate surface area is 244 Å². The lowest BCUT2D eigenvalue weighted by Gasteiger charge is -2.36. The Morgan fingerprint density at radius 1 is 1.20 bits per heavy atom. The number of anilines is 1. The number of aromatic nitrogens is 2. The summed E-state index contributed by atoms with van der Waals surface area (Å²) in [6.45, 7) is 4.32. The van der Waals surface area contributed by atoms with Crippen molar-refractivity contribution in [2.75, 3.05) is 44.2 Å². The van der Waals surface area contributed by atoms with E-state index in [4.69, 9.17) is 31.0 Å². The van der Waals surface area contributed by atoms with Gasteiger partial charge in [-0.25, -0.2) is 4.39 Å². The van der Waals surface area contributed by atoms with Crippen LogP contribution in [0.1, 0.15) is 48.6 Å². The van der Waals surface area contributed by atoms with Gasteiger partial charge in [0.2, 0.25) is 0 Å². The van der Waals surface area contributed by atoms with Gasteiger partial charge in [0.05, 0.1) is 36.4 Å². The number of alkyl halides is 1. The second kappa shape index (κ2) is 11.0. The van der Waals surface area contributed by atoms with Crippen molar-refractivity contribution in [3.63, 3.8) is 0 Å². The van der Waals surface area contributed by atoms with E-state index in [1.807, 2.05) is 18.2 Å². The van der Waals surface area contributed by atoms with Crippen LogP contribution in [0.15, 0.2) is 36.4 Å². The number of nitrogens with zero attached hydrogens (tertiary/aromatic N) is 5. The topological polar surface area (TPSA) is 86.5 Å². The molecule has 1 N–H and O–H groups in total. The predicted octanol–water partition coefficient (Wildman–Crippen LogP) is 4.74. The quantitative estimate of drug-likeness (QED) is 0.450. The molecule has 0 aliphatic carbocycles. The maximum absolute atomic E-state index is 14.4. The van der Waals surface area contributed by atoms with E-state index in [9.17, 15) is 9.65 Å². The van der Waals surface area contributed by atoms with Gasteiger partial charge >= 0.3 is 6.01 Å². The maximum atomic E-state index is 14.4. The van der Waals surface area contributed by atoms with E-state index in [0.717, 1.165) is 65.9 Å². The van der Waals surface area contributed by atoms with Crippen LogP contribution < -0.4 is 15.0 Å². The normalized spacial score (nSPS) is 27.9. The predicted molar refractivity (Wildman–Crippen MR) is 155 cm³/mol. The fraction of sp³-hybridized carbons (Fsp3) is 0.516. The van der Waals surface area contributed by atoms with E-state index in [2.05, 4.69) is 39.4 Å². The van der Waals surface area contributed by atoms with Gasteiger partial charge in [-0.15, -0.1) is 0 Å². The number of hydrogen-bond donors (Lipinski definition) is 1. The summed E-state index contributed by atoms with van der Waals surface area (Å²) in [4.78, 5) is 14.3. The van der Waals surface area contributed by atoms with Gasteiger partial charge in [-0.1, -0.05) is 41.9 Å². The standard InChI is InChI=1S/C31H34ClFN6O2/c32-25-7-2-5-20-4-1-6-23(28(20)25)27-14-26-24(18-40-27)29(38-13-11-35-22(17-38)8-10-34)37-30(36-26)41-19-31-9-3-12-39(31)16-21(33)15-31/h1-2,4-7,21-22,27,35H,3,8-9,11-19H2/t21-,22+,27?,31?/m1/s1. The first-order valence-electron chi connectivity index (χ1n) is 14.6. The first kappa shape index (κ1) is 26.8. The van der Waals surface area contributed by atoms with Crippen molar-refractivity contribution in [1.82, 2.24) is 20.2 Å². The average Bonchev–Trinajstić information content (AvgIpc) is 3.51. The van der Waals surface area contributed by atoms with Crippen LogP contribution in [0.2, 0.25) is 5.02 Å². The minimum atomic E-state index is -0.817. The number of ether oxygens (including phenoxy) is 2. The summed E-state index contributed by atoms with van der Waals surface area (Å²) >= 11 is 6.66. The van der Waals surface area contributed by atoms with E-state index >= 15 is 0 Å². The summed E-state index contributed by atoms with van der Waals surface area (Å²) in [6, 6.07) is 14.8. The molecule has 1 aromatic heterocycles. The van der Waals surface area contributed by atoms with Gasteiger partial charge in [0.1, 0.15) is 18.6 Å². The first-order valence-corrected chi connectivity index (χ1v) is 15.0. The van der Waals surface area contributed by atoms with Gasteiger partial charge in [0, 0.05) is 61.0 Å². The van der Waals surface area contributed by atoms with Crippen LogP contribution in [0.5, 0.6) is 6.01 Å². The summed E-state index contributed by atoms with van der Waals surface area (Å²) in [6.07, 6.45) is 2.43. The van der Waals surface area contributed by atoms with Crippen molar-refractivity contribution in [2.45, 2.75) is 62.6 Å². The SMILES string of the molecule is N#CC[C@H]1CN(c2nc(OCC34CCCN3C[C@H](F)C4)nc3c2COC(c2cccc4cccc(Cl)c24)C3)CCN1. The molecule has 3 aromatic rings. The minimum absolute atomic E-state index is 0.0599. The van der Waals surface area contributed by atoms with Gasteiger partial charge < -0.3 is 19.7 Å². The van der Waals surface area contributed by atoms with Crippen molar-refractivity contribution in [3.8, 4) is 12.1 Å². The summed E-state index contributed by atoms with van der Waals surface area (Å²) in [7, 11) is 0. The zero-order valence-electron chi connectivity index (χ0n) is 23.0. The lowest BCUT2D eigenvalue weighted by molar-refractivity contribution is 0.0263. The molecule has 3 saturated heterocycles. The highest BCUT2D eigenvalue weighted by Gasteiger charge is 2.49. The van der Waals surface area contributed by atoms with Gasteiger partial charge in [0.15, 0.2) is 0 Å². The molecule has 10 heteroatoms. The van der Waals surface area contributed by atoms with E-state index in [1.165, 1.54) is 0 Å². The molecule has 4 aliphatic heterocycles. The van der Waals surface area contributed by atoms with Crippen molar-refractivity contribution in [2.24, 2.45) is 0 Å². The lowest BCUT2D eigenvalue weighted by Crippen LogP contribution is -2.51. The fourth-order valence-corrected chi connectivity index (χ4v) is 7.55. The Bertz CT molecular complexity index is 1490. The number of rotatable bonds is 6. The van der Waals surface area contributed by atoms with Crippen molar-refractivity contribution < 1.29 is 13.9 Å². The van der Waals surface area contributed by atoms with Crippen molar-refractivity contribution >= 4 is 28.2 Å². The number of benzene rings is 2. The Morgan fingerprint density at radius 3 is 2.95 bits per heavy atom. The molecule has 214 valence electrons. The molecule has 0 spiro atoms.